The van der Waals surface area contributed by atoms with Gasteiger partial charge in [0, 0.05) is 42.5 Å². The molecule has 4 aromatic rings. The fourth-order valence-corrected chi connectivity index (χ4v) is 4.49. The van der Waals surface area contributed by atoms with Crippen molar-refractivity contribution in [2.24, 2.45) is 5.41 Å². The Bertz CT molecular complexity index is 1150. The van der Waals surface area contributed by atoms with E-state index in [9.17, 15) is 0 Å². The topological polar surface area (TPSA) is 67.1 Å². The van der Waals surface area contributed by atoms with Gasteiger partial charge in [0.1, 0.15) is 0 Å². The largest absolute Gasteiger partial charge is 0.350 e. The highest BCUT2D eigenvalue weighted by atomic mass is 15.3. The smallest absolute Gasteiger partial charge is 0.241 e. The zero-order valence-electron chi connectivity index (χ0n) is 16.9. The van der Waals surface area contributed by atoms with Gasteiger partial charge < -0.3 is 10.6 Å². The zero-order valence-corrected chi connectivity index (χ0v) is 16.9. The molecule has 1 saturated carbocycles. The summed E-state index contributed by atoms with van der Waals surface area (Å²) in [6.07, 6.45) is 8.16. The number of hydrogen-bond donors (Lipinski definition) is 2. The number of nitrogens with zero attached hydrogens (tertiary/aromatic N) is 4. The van der Waals surface area contributed by atoms with Crippen molar-refractivity contribution in [3.8, 4) is 11.1 Å². The molecule has 6 rings (SSSR count). The van der Waals surface area contributed by atoms with Crippen molar-refractivity contribution >= 4 is 22.4 Å². The first-order valence-electron chi connectivity index (χ1n) is 10.4. The first-order valence-corrected chi connectivity index (χ1v) is 10.4. The Kier molecular flexibility index (Phi) is 4.43. The maximum Gasteiger partial charge on any atom is 0.241 e. The molecule has 1 aromatic carbocycles. The fraction of sp³-hybridized carbons (Fsp3) is 0.348. The summed E-state index contributed by atoms with van der Waals surface area (Å²) in [4.78, 5) is 8.97. The number of benzene rings is 1. The fourth-order valence-electron chi connectivity index (χ4n) is 4.49. The molecule has 4 heterocycles. The SMILES string of the molecule is CC.c1cnc2ccc(-c3ccn4nc(NC5CC6(CNC6)C5)ncc34)cc2c1. The normalized spacial score (nSPS) is 17.4. The van der Waals surface area contributed by atoms with Crippen LogP contribution in [-0.4, -0.2) is 38.7 Å². The molecule has 6 heteroatoms. The highest BCUT2D eigenvalue weighted by Gasteiger charge is 2.48. The molecule has 3 aromatic heterocycles. The standard InChI is InChI=1S/C21H20N6.C2H6/c1-2-15-8-14(3-4-18(15)23-6-1)17-5-7-27-19(17)11-24-20(26-27)25-16-9-21(10-16)12-22-13-21;1-2/h1-8,11,16,22H,9-10,12-13H2,(H,25,26);1-2H3. The predicted molar refractivity (Wildman–Crippen MR) is 117 cm³/mol. The van der Waals surface area contributed by atoms with Crippen LogP contribution < -0.4 is 10.6 Å². The molecule has 2 aliphatic rings. The van der Waals surface area contributed by atoms with Gasteiger partial charge in [0.25, 0.3) is 0 Å². The third kappa shape index (κ3) is 3.13. The maximum absolute atomic E-state index is 4.66. The summed E-state index contributed by atoms with van der Waals surface area (Å²) in [5.74, 6) is 0.708. The quantitative estimate of drug-likeness (QED) is 0.554. The van der Waals surface area contributed by atoms with Gasteiger partial charge in [-0.05, 0) is 48.1 Å². The van der Waals surface area contributed by atoms with Crippen molar-refractivity contribution in [2.75, 3.05) is 18.4 Å². The van der Waals surface area contributed by atoms with Crippen molar-refractivity contribution in [1.29, 1.82) is 0 Å². The Morgan fingerprint density at radius 2 is 1.97 bits per heavy atom. The molecule has 0 atom stereocenters. The van der Waals surface area contributed by atoms with Crippen LogP contribution in [0.5, 0.6) is 0 Å². The molecular weight excluding hydrogens is 360 g/mol. The second-order valence-corrected chi connectivity index (χ2v) is 7.90. The van der Waals surface area contributed by atoms with E-state index in [2.05, 4.69) is 56.0 Å². The van der Waals surface area contributed by atoms with Gasteiger partial charge >= 0.3 is 0 Å². The van der Waals surface area contributed by atoms with Crippen LogP contribution in [0.4, 0.5) is 5.95 Å². The van der Waals surface area contributed by atoms with Crippen molar-refractivity contribution in [3.05, 3.63) is 55.0 Å². The number of rotatable bonds is 3. The monoisotopic (exact) mass is 386 g/mol. The lowest BCUT2D eigenvalue weighted by molar-refractivity contribution is 0.0467. The molecule has 0 amide bonds. The first-order chi connectivity index (χ1) is 14.3. The number of fused-ring (bicyclic) bond motifs is 2. The van der Waals surface area contributed by atoms with E-state index in [0.29, 0.717) is 17.4 Å². The Hall–Kier alpha value is -2.99. The Balaban J connectivity index is 0.000000882. The molecule has 1 aliphatic carbocycles. The average Bonchev–Trinajstić information content (AvgIpc) is 3.13. The van der Waals surface area contributed by atoms with Crippen LogP contribution >= 0.6 is 0 Å². The van der Waals surface area contributed by atoms with Gasteiger partial charge in [-0.3, -0.25) is 4.98 Å². The minimum atomic E-state index is 0.493. The van der Waals surface area contributed by atoms with Gasteiger partial charge in [0.2, 0.25) is 5.95 Å². The van der Waals surface area contributed by atoms with Gasteiger partial charge in [-0.15, -0.1) is 5.10 Å². The maximum atomic E-state index is 4.66. The third-order valence-corrected chi connectivity index (χ3v) is 6.02. The van der Waals surface area contributed by atoms with Crippen LogP contribution in [0.3, 0.4) is 0 Å². The van der Waals surface area contributed by atoms with E-state index in [-0.39, 0.29) is 0 Å². The van der Waals surface area contributed by atoms with Crippen LogP contribution in [0.15, 0.2) is 55.0 Å². The molecule has 1 aliphatic heterocycles. The summed E-state index contributed by atoms with van der Waals surface area (Å²) in [5.41, 5.74) is 4.86. The Morgan fingerprint density at radius 3 is 2.76 bits per heavy atom. The molecule has 2 fully saturated rings. The third-order valence-electron chi connectivity index (χ3n) is 6.02. The van der Waals surface area contributed by atoms with Crippen molar-refractivity contribution in [1.82, 2.24) is 24.9 Å². The van der Waals surface area contributed by atoms with E-state index in [1.807, 2.05) is 43.0 Å². The van der Waals surface area contributed by atoms with Crippen LogP contribution in [-0.2, 0) is 0 Å². The van der Waals surface area contributed by atoms with Gasteiger partial charge in [0.05, 0.1) is 17.2 Å². The molecular formula is C23H26N6. The molecule has 29 heavy (non-hydrogen) atoms. The second-order valence-electron chi connectivity index (χ2n) is 7.90. The highest BCUT2D eigenvalue weighted by molar-refractivity contribution is 5.88. The van der Waals surface area contributed by atoms with Crippen molar-refractivity contribution in [2.45, 2.75) is 32.7 Å². The van der Waals surface area contributed by atoms with E-state index in [0.717, 1.165) is 40.6 Å². The lowest BCUT2D eigenvalue weighted by Gasteiger charge is -2.54. The number of pyridine rings is 1. The molecule has 2 N–H and O–H groups in total. The summed E-state index contributed by atoms with van der Waals surface area (Å²) in [6.45, 7) is 6.32. The van der Waals surface area contributed by atoms with Crippen LogP contribution in [0.2, 0.25) is 0 Å². The summed E-state index contributed by atoms with van der Waals surface area (Å²) < 4.78 is 1.91. The molecule has 148 valence electrons. The van der Waals surface area contributed by atoms with E-state index < -0.39 is 0 Å². The predicted octanol–water partition coefficient (Wildman–Crippen LogP) is 4.13. The Morgan fingerprint density at radius 1 is 1.10 bits per heavy atom. The van der Waals surface area contributed by atoms with Crippen LogP contribution in [0, 0.1) is 5.41 Å². The summed E-state index contributed by atoms with van der Waals surface area (Å²) >= 11 is 0. The van der Waals surface area contributed by atoms with Crippen LogP contribution in [0.25, 0.3) is 27.5 Å². The highest BCUT2D eigenvalue weighted by Crippen LogP contribution is 2.45. The van der Waals surface area contributed by atoms with E-state index in [4.69, 9.17) is 0 Å². The van der Waals surface area contributed by atoms with Gasteiger partial charge in [-0.1, -0.05) is 26.0 Å². The minimum absolute atomic E-state index is 0.493. The molecule has 0 radical (unpaired) electrons. The van der Waals surface area contributed by atoms with Crippen molar-refractivity contribution in [3.63, 3.8) is 0 Å². The summed E-state index contributed by atoms with van der Waals surface area (Å²) in [7, 11) is 0. The van der Waals surface area contributed by atoms with Gasteiger partial charge in [-0.25, -0.2) is 9.50 Å². The number of nitrogens with one attached hydrogen (secondary N) is 2. The summed E-state index contributed by atoms with van der Waals surface area (Å²) in [6, 6.07) is 13.0. The van der Waals surface area contributed by atoms with E-state index in [1.165, 1.54) is 12.8 Å². The Labute approximate surface area is 170 Å². The van der Waals surface area contributed by atoms with E-state index in [1.54, 1.807) is 0 Å². The number of aromatic nitrogens is 4. The molecule has 1 saturated heterocycles. The summed E-state index contributed by atoms with van der Waals surface area (Å²) in [5, 5.41) is 12.7. The van der Waals surface area contributed by atoms with E-state index >= 15 is 0 Å². The minimum Gasteiger partial charge on any atom is -0.350 e. The lowest BCUT2D eigenvalue weighted by Crippen LogP contribution is -2.63. The number of hydrogen-bond acceptors (Lipinski definition) is 5. The molecule has 6 nitrogen and oxygen atoms in total. The number of anilines is 1. The molecule has 0 bridgehead atoms. The first kappa shape index (κ1) is 18.1. The van der Waals surface area contributed by atoms with Gasteiger partial charge in [0.15, 0.2) is 0 Å². The molecule has 0 unspecified atom stereocenters. The molecule has 1 spiro atoms. The van der Waals surface area contributed by atoms with Crippen LogP contribution in [0.1, 0.15) is 26.7 Å². The second kappa shape index (κ2) is 7.12. The van der Waals surface area contributed by atoms with Crippen molar-refractivity contribution < 1.29 is 0 Å². The zero-order chi connectivity index (χ0) is 19.8. The van der Waals surface area contributed by atoms with Gasteiger partial charge in [-0.2, -0.15) is 0 Å². The average molecular weight is 387 g/mol. The lowest BCUT2D eigenvalue weighted by atomic mass is 9.62.